The van der Waals surface area contributed by atoms with Crippen LogP contribution in [-0.2, 0) is 14.3 Å². The fraction of sp³-hybridized carbons (Fsp3) is 0.588. The molecule has 1 atom stereocenters. The van der Waals surface area contributed by atoms with E-state index in [0.717, 1.165) is 19.4 Å². The molecule has 2 saturated heterocycles. The van der Waals surface area contributed by atoms with E-state index >= 15 is 0 Å². The van der Waals surface area contributed by atoms with Crippen LogP contribution < -0.4 is 4.74 Å². The fourth-order valence-electron chi connectivity index (χ4n) is 3.20. The van der Waals surface area contributed by atoms with Crippen molar-refractivity contribution in [3.05, 3.63) is 29.3 Å². The third kappa shape index (κ3) is 3.97. The number of carbonyl (C=O) groups excluding carboxylic acids is 1. The van der Waals surface area contributed by atoms with Crippen LogP contribution in [0.2, 0.25) is 5.02 Å². The zero-order valence-electron chi connectivity index (χ0n) is 13.3. The lowest BCUT2D eigenvalue weighted by atomic mass is 9.84. The van der Waals surface area contributed by atoms with E-state index in [0.29, 0.717) is 30.5 Å². The van der Waals surface area contributed by atoms with Crippen LogP contribution in [0.3, 0.4) is 0 Å². The van der Waals surface area contributed by atoms with E-state index in [-0.39, 0.29) is 24.2 Å². The number of benzene rings is 1. The highest BCUT2D eigenvalue weighted by Crippen LogP contribution is 2.35. The van der Waals surface area contributed by atoms with E-state index in [9.17, 15) is 4.79 Å². The van der Waals surface area contributed by atoms with Gasteiger partial charge in [0.1, 0.15) is 11.4 Å². The SMILES string of the molecule is CCOC1CCOC2(C1)CN(C(=O)COc1cccc(Cl)c1)C2. The molecule has 23 heavy (non-hydrogen) atoms. The summed E-state index contributed by atoms with van der Waals surface area (Å²) < 4.78 is 17.1. The van der Waals surface area contributed by atoms with Gasteiger partial charge in [-0.15, -0.1) is 0 Å². The van der Waals surface area contributed by atoms with Crippen molar-refractivity contribution in [3.8, 4) is 5.75 Å². The van der Waals surface area contributed by atoms with E-state index in [1.165, 1.54) is 0 Å². The van der Waals surface area contributed by atoms with Gasteiger partial charge in [0.2, 0.25) is 0 Å². The largest absolute Gasteiger partial charge is 0.484 e. The first kappa shape index (κ1) is 16.6. The summed E-state index contributed by atoms with van der Waals surface area (Å²) in [6, 6.07) is 7.05. The maximum Gasteiger partial charge on any atom is 0.260 e. The van der Waals surface area contributed by atoms with E-state index in [2.05, 4.69) is 0 Å². The van der Waals surface area contributed by atoms with Crippen molar-refractivity contribution < 1.29 is 19.0 Å². The molecule has 1 aromatic rings. The summed E-state index contributed by atoms with van der Waals surface area (Å²) in [5, 5.41) is 0.593. The Bertz CT molecular complexity index is 557. The Balaban J connectivity index is 1.46. The molecule has 0 radical (unpaired) electrons. The lowest BCUT2D eigenvalue weighted by Gasteiger charge is -2.52. The molecule has 1 amide bonds. The quantitative estimate of drug-likeness (QED) is 0.827. The first-order valence-corrected chi connectivity index (χ1v) is 8.40. The molecule has 126 valence electrons. The summed E-state index contributed by atoms with van der Waals surface area (Å²) in [4.78, 5) is 14.0. The van der Waals surface area contributed by atoms with Crippen molar-refractivity contribution in [2.75, 3.05) is 32.9 Å². The second-order valence-corrected chi connectivity index (χ2v) is 6.53. The van der Waals surface area contributed by atoms with Gasteiger partial charge in [0, 0.05) is 24.7 Å². The first-order chi connectivity index (χ1) is 11.1. The number of ether oxygens (including phenoxy) is 3. The van der Waals surface area contributed by atoms with Crippen LogP contribution in [-0.4, -0.2) is 55.4 Å². The smallest absolute Gasteiger partial charge is 0.260 e. The molecule has 3 rings (SSSR count). The van der Waals surface area contributed by atoms with Gasteiger partial charge in [-0.05, 0) is 31.5 Å². The molecule has 2 aliphatic heterocycles. The van der Waals surface area contributed by atoms with Crippen molar-refractivity contribution in [3.63, 3.8) is 0 Å². The van der Waals surface area contributed by atoms with Gasteiger partial charge in [-0.3, -0.25) is 4.79 Å². The minimum Gasteiger partial charge on any atom is -0.484 e. The van der Waals surface area contributed by atoms with Gasteiger partial charge in [-0.25, -0.2) is 0 Å². The Morgan fingerprint density at radius 3 is 3.04 bits per heavy atom. The van der Waals surface area contributed by atoms with Gasteiger partial charge < -0.3 is 19.1 Å². The lowest BCUT2D eigenvalue weighted by Crippen LogP contribution is -2.67. The summed E-state index contributed by atoms with van der Waals surface area (Å²) in [5.74, 6) is 0.573. The Labute approximate surface area is 141 Å². The van der Waals surface area contributed by atoms with Gasteiger partial charge in [-0.1, -0.05) is 17.7 Å². The number of rotatable bonds is 5. The molecule has 0 N–H and O–H groups in total. The predicted molar refractivity (Wildman–Crippen MR) is 86.9 cm³/mol. The minimum atomic E-state index is -0.218. The molecule has 1 aromatic carbocycles. The third-order valence-electron chi connectivity index (χ3n) is 4.32. The maximum absolute atomic E-state index is 12.2. The van der Waals surface area contributed by atoms with Crippen LogP contribution in [0.1, 0.15) is 19.8 Å². The first-order valence-electron chi connectivity index (χ1n) is 8.02. The van der Waals surface area contributed by atoms with Crippen LogP contribution in [0.15, 0.2) is 24.3 Å². The Morgan fingerprint density at radius 2 is 2.30 bits per heavy atom. The predicted octanol–water partition coefficient (Wildman–Crippen LogP) is 2.52. The number of hydrogen-bond donors (Lipinski definition) is 0. The highest BCUT2D eigenvalue weighted by atomic mass is 35.5. The summed E-state index contributed by atoms with van der Waals surface area (Å²) in [6.45, 7) is 4.68. The van der Waals surface area contributed by atoms with Gasteiger partial charge in [0.25, 0.3) is 5.91 Å². The average molecular weight is 340 g/mol. The van der Waals surface area contributed by atoms with Crippen LogP contribution in [0.4, 0.5) is 0 Å². The van der Waals surface area contributed by atoms with Crippen LogP contribution in [0, 0.1) is 0 Å². The number of carbonyl (C=O) groups is 1. The van der Waals surface area contributed by atoms with E-state index in [1.54, 1.807) is 29.2 Å². The summed E-state index contributed by atoms with van der Waals surface area (Å²) in [7, 11) is 0. The molecule has 1 unspecified atom stereocenters. The second kappa shape index (κ2) is 7.07. The lowest BCUT2D eigenvalue weighted by molar-refractivity contribution is -0.201. The molecule has 1 spiro atoms. The molecule has 0 aliphatic carbocycles. The van der Waals surface area contributed by atoms with Crippen LogP contribution >= 0.6 is 11.6 Å². The number of hydrogen-bond acceptors (Lipinski definition) is 4. The Morgan fingerprint density at radius 1 is 1.48 bits per heavy atom. The van der Waals surface area contributed by atoms with Crippen LogP contribution in [0.25, 0.3) is 0 Å². The zero-order chi connectivity index (χ0) is 16.3. The van der Waals surface area contributed by atoms with E-state index in [4.69, 9.17) is 25.8 Å². The Kier molecular flexibility index (Phi) is 5.09. The van der Waals surface area contributed by atoms with Gasteiger partial charge in [0.15, 0.2) is 6.61 Å². The summed E-state index contributed by atoms with van der Waals surface area (Å²) in [6.07, 6.45) is 2.04. The van der Waals surface area contributed by atoms with Crippen molar-refractivity contribution in [1.82, 2.24) is 4.90 Å². The molecule has 0 aromatic heterocycles. The molecule has 2 heterocycles. The number of amides is 1. The normalized spacial score (nSPS) is 22.7. The minimum absolute atomic E-state index is 0.0192. The average Bonchev–Trinajstić information content (AvgIpc) is 2.51. The second-order valence-electron chi connectivity index (χ2n) is 6.10. The van der Waals surface area contributed by atoms with E-state index in [1.807, 2.05) is 6.92 Å². The molecule has 0 saturated carbocycles. The van der Waals surface area contributed by atoms with Crippen molar-refractivity contribution in [2.45, 2.75) is 31.5 Å². The highest BCUT2D eigenvalue weighted by molar-refractivity contribution is 6.30. The monoisotopic (exact) mass is 339 g/mol. The molecule has 2 fully saturated rings. The summed E-state index contributed by atoms with van der Waals surface area (Å²) in [5.41, 5.74) is -0.218. The number of likely N-dealkylation sites (tertiary alicyclic amines) is 1. The standard InChI is InChI=1S/C17H22ClNO4/c1-2-21-15-6-7-23-17(9-15)11-19(12-17)16(20)10-22-14-5-3-4-13(18)8-14/h3-5,8,15H,2,6-7,9-12H2,1H3. The molecule has 6 heteroatoms. The van der Waals surface area contributed by atoms with Crippen molar-refractivity contribution in [2.24, 2.45) is 0 Å². The number of nitrogens with zero attached hydrogens (tertiary/aromatic N) is 1. The molecule has 0 bridgehead atoms. The van der Waals surface area contributed by atoms with Crippen molar-refractivity contribution >= 4 is 17.5 Å². The topological polar surface area (TPSA) is 48.0 Å². The Hall–Kier alpha value is -1.30. The van der Waals surface area contributed by atoms with Gasteiger partial charge >= 0.3 is 0 Å². The molecule has 5 nitrogen and oxygen atoms in total. The van der Waals surface area contributed by atoms with Crippen LogP contribution in [0.5, 0.6) is 5.75 Å². The molecule has 2 aliphatic rings. The molecular formula is C17H22ClNO4. The van der Waals surface area contributed by atoms with Crippen molar-refractivity contribution in [1.29, 1.82) is 0 Å². The molecular weight excluding hydrogens is 318 g/mol. The number of halogens is 1. The van der Waals surface area contributed by atoms with Gasteiger partial charge in [0.05, 0.1) is 19.2 Å². The fourth-order valence-corrected chi connectivity index (χ4v) is 3.38. The summed E-state index contributed by atoms with van der Waals surface area (Å²) >= 11 is 5.89. The maximum atomic E-state index is 12.2. The van der Waals surface area contributed by atoms with E-state index < -0.39 is 0 Å². The zero-order valence-corrected chi connectivity index (χ0v) is 14.1. The van der Waals surface area contributed by atoms with Gasteiger partial charge in [-0.2, -0.15) is 0 Å². The third-order valence-corrected chi connectivity index (χ3v) is 4.55. The highest BCUT2D eigenvalue weighted by Gasteiger charge is 2.49.